The van der Waals surface area contributed by atoms with Crippen LogP contribution in [0.25, 0.3) is 0 Å². The van der Waals surface area contributed by atoms with Gasteiger partial charge < -0.3 is 10.0 Å². The van der Waals surface area contributed by atoms with E-state index in [1.807, 2.05) is 51.4 Å². The van der Waals surface area contributed by atoms with Gasteiger partial charge in [0.25, 0.3) is 0 Å². The summed E-state index contributed by atoms with van der Waals surface area (Å²) in [6.07, 6.45) is 0. The molecule has 0 aliphatic rings. The fraction of sp³-hybridized carbons (Fsp3) is 0.200. The van der Waals surface area contributed by atoms with Crippen LogP contribution in [0.1, 0.15) is 5.56 Å². The molecule has 0 aliphatic carbocycles. The molecule has 0 radical (unpaired) electrons. The summed E-state index contributed by atoms with van der Waals surface area (Å²) in [4.78, 5) is 2.11. The summed E-state index contributed by atoms with van der Waals surface area (Å²) < 4.78 is 0. The normalized spacial score (nSPS) is 10.1. The minimum atomic E-state index is -0.556. The van der Waals surface area contributed by atoms with Crippen LogP contribution in [0.5, 0.6) is 5.75 Å². The number of phenols is 1. The minimum absolute atomic E-state index is 0.421. The fourth-order valence-corrected chi connectivity index (χ4v) is 3.27. The van der Waals surface area contributed by atoms with Gasteiger partial charge in [-0.05, 0) is 18.6 Å². The van der Waals surface area contributed by atoms with Crippen LogP contribution in [0.2, 0.25) is 0 Å². The third kappa shape index (κ3) is 5.81. The Balaban J connectivity index is 0.000000677. The zero-order valence-corrected chi connectivity index (χ0v) is 16.3. The Morgan fingerprint density at radius 1 is 1.00 bits per heavy atom. The van der Waals surface area contributed by atoms with Crippen LogP contribution >= 0.6 is 27.2 Å². The number of hydrogen-bond donors (Lipinski definition) is 1. The van der Waals surface area contributed by atoms with Crippen molar-refractivity contribution < 1.29 is 22.1 Å². The van der Waals surface area contributed by atoms with Crippen molar-refractivity contribution in [2.45, 2.75) is 6.92 Å². The Morgan fingerprint density at radius 2 is 1.57 bits per heavy atom. The predicted octanol–water partition coefficient (Wildman–Crippen LogP) is 3.77. The average Bonchev–Trinajstić information content (AvgIpc) is 2.45. The molecule has 0 aromatic heterocycles. The van der Waals surface area contributed by atoms with Gasteiger partial charge in [0.15, 0.2) is 0 Å². The van der Waals surface area contributed by atoms with Gasteiger partial charge in [-0.1, -0.05) is 45.0 Å². The first kappa shape index (κ1) is 18.8. The van der Waals surface area contributed by atoms with Gasteiger partial charge in [0.2, 0.25) is 0 Å². The average molecular weight is 378 g/mol. The second-order valence-electron chi connectivity index (χ2n) is 4.58. The quantitative estimate of drug-likeness (QED) is 0.650. The zero-order valence-electron chi connectivity index (χ0n) is 12.2. The Morgan fingerprint density at radius 3 is 2.19 bits per heavy atom. The molecule has 2 aromatic rings. The monoisotopic (exact) mass is 377 g/mol. The van der Waals surface area contributed by atoms with Gasteiger partial charge in [0.05, 0.1) is 0 Å². The van der Waals surface area contributed by atoms with Crippen LogP contribution in [0, 0.1) is 6.92 Å². The summed E-state index contributed by atoms with van der Waals surface area (Å²) >= 11 is -0.556. The first-order valence-electron chi connectivity index (χ1n) is 6.29. The molecule has 0 saturated carbocycles. The van der Waals surface area contributed by atoms with Crippen LogP contribution < -0.4 is 15.5 Å². The molecular formula is C15H18Cl2NOPTi. The molecule has 6 heteroatoms. The van der Waals surface area contributed by atoms with Crippen molar-refractivity contribution in [3.8, 4) is 5.75 Å². The second kappa shape index (κ2) is 9.71. The number of aromatic hydroxyl groups is 1. The summed E-state index contributed by atoms with van der Waals surface area (Å²) in [7, 11) is 14.3. The number of benzene rings is 2. The molecule has 2 aromatic carbocycles. The van der Waals surface area contributed by atoms with Crippen LogP contribution in [0.4, 0.5) is 5.69 Å². The van der Waals surface area contributed by atoms with E-state index in [4.69, 9.17) is 18.6 Å². The molecular weight excluding hydrogens is 360 g/mol. The van der Waals surface area contributed by atoms with Crippen molar-refractivity contribution in [3.05, 3.63) is 48.0 Å². The SMILES string of the molecule is Cc1cccc(Pc2ccccc2N(C)C)c1O.[Cl][Ti][Cl]. The van der Waals surface area contributed by atoms with E-state index in [2.05, 4.69) is 17.0 Å². The number of halogens is 2. The summed E-state index contributed by atoms with van der Waals surface area (Å²) in [5.41, 5.74) is 2.14. The molecule has 0 fully saturated rings. The van der Waals surface area contributed by atoms with Crippen molar-refractivity contribution in [1.82, 2.24) is 0 Å². The number of hydrogen-bond acceptors (Lipinski definition) is 2. The molecule has 0 bridgehead atoms. The van der Waals surface area contributed by atoms with E-state index < -0.39 is 17.0 Å². The Kier molecular flexibility index (Phi) is 8.70. The molecule has 0 saturated heterocycles. The number of rotatable bonds is 3. The van der Waals surface area contributed by atoms with Crippen molar-refractivity contribution in [1.29, 1.82) is 0 Å². The van der Waals surface area contributed by atoms with Crippen LogP contribution in [-0.4, -0.2) is 19.2 Å². The Hall–Kier alpha value is -0.236. The van der Waals surface area contributed by atoms with Gasteiger partial charge in [0, 0.05) is 30.4 Å². The predicted molar refractivity (Wildman–Crippen MR) is 92.9 cm³/mol. The molecule has 0 amide bonds. The summed E-state index contributed by atoms with van der Waals surface area (Å²) in [5.74, 6) is 0.421. The van der Waals surface area contributed by atoms with Gasteiger partial charge in [-0.25, -0.2) is 0 Å². The van der Waals surface area contributed by atoms with Gasteiger partial charge in [-0.15, -0.1) is 0 Å². The van der Waals surface area contributed by atoms with Gasteiger partial charge in [-0.2, -0.15) is 0 Å². The standard InChI is InChI=1S/C15H18NOP.2ClH.Ti/c1-11-7-6-10-14(15(11)17)18-13-9-5-4-8-12(13)16(2)3;;;/h4-10,17-18H,1-3H3;2*1H;/q;;;+2/p-2. The summed E-state index contributed by atoms with van der Waals surface area (Å²) in [5, 5.41) is 12.3. The molecule has 2 rings (SSSR count). The third-order valence-corrected chi connectivity index (χ3v) is 4.26. The molecule has 1 unspecified atom stereocenters. The van der Waals surface area contributed by atoms with E-state index in [0.29, 0.717) is 14.3 Å². The number of para-hydroxylation sites is 2. The Labute approximate surface area is 144 Å². The van der Waals surface area contributed by atoms with Crippen LogP contribution in [-0.2, 0) is 17.0 Å². The number of aryl methyl sites for hydroxylation is 1. The molecule has 0 aliphatic heterocycles. The third-order valence-electron chi connectivity index (χ3n) is 2.89. The van der Waals surface area contributed by atoms with Gasteiger partial charge in [-0.3, -0.25) is 0 Å². The van der Waals surface area contributed by atoms with Crippen molar-refractivity contribution >= 4 is 43.5 Å². The molecule has 0 heterocycles. The van der Waals surface area contributed by atoms with E-state index in [1.54, 1.807) is 0 Å². The van der Waals surface area contributed by atoms with E-state index in [0.717, 1.165) is 10.9 Å². The Bertz CT molecular complexity index is 581. The topological polar surface area (TPSA) is 23.5 Å². The van der Waals surface area contributed by atoms with Crippen molar-refractivity contribution in [3.63, 3.8) is 0 Å². The van der Waals surface area contributed by atoms with Crippen molar-refractivity contribution in [2.75, 3.05) is 19.0 Å². The van der Waals surface area contributed by atoms with Crippen LogP contribution in [0.15, 0.2) is 42.5 Å². The molecule has 1 atom stereocenters. The maximum atomic E-state index is 10.1. The first-order valence-corrected chi connectivity index (χ1v) is 11.6. The van der Waals surface area contributed by atoms with E-state index in [9.17, 15) is 5.11 Å². The molecule has 21 heavy (non-hydrogen) atoms. The first-order chi connectivity index (χ1) is 10.0. The fourth-order valence-electron chi connectivity index (χ4n) is 1.87. The number of phenolic OH excluding ortho intramolecular Hbond substituents is 1. The van der Waals surface area contributed by atoms with Crippen molar-refractivity contribution in [2.24, 2.45) is 0 Å². The summed E-state index contributed by atoms with van der Waals surface area (Å²) in [6.45, 7) is 1.93. The molecule has 1 N–H and O–H groups in total. The van der Waals surface area contributed by atoms with E-state index in [-0.39, 0.29) is 0 Å². The molecule has 2 nitrogen and oxygen atoms in total. The van der Waals surface area contributed by atoms with Gasteiger partial charge in [0.1, 0.15) is 5.75 Å². The zero-order chi connectivity index (χ0) is 15.8. The number of anilines is 1. The molecule has 112 valence electrons. The van der Waals surface area contributed by atoms with E-state index in [1.165, 1.54) is 11.0 Å². The molecule has 0 spiro atoms. The van der Waals surface area contributed by atoms with Crippen LogP contribution in [0.3, 0.4) is 0 Å². The number of nitrogens with zero attached hydrogens (tertiary/aromatic N) is 1. The summed E-state index contributed by atoms with van der Waals surface area (Å²) in [6, 6.07) is 14.2. The van der Waals surface area contributed by atoms with Gasteiger partial charge >= 0.3 is 35.6 Å². The maximum absolute atomic E-state index is 10.1. The van der Waals surface area contributed by atoms with E-state index >= 15 is 0 Å². The second-order valence-corrected chi connectivity index (χ2v) is 8.49.